The maximum Gasteiger partial charge on any atom is 0.405 e. The van der Waals surface area contributed by atoms with E-state index in [2.05, 4.69) is 10.3 Å². The minimum atomic E-state index is -1.25. The molecule has 2 N–H and O–H groups in total. The molecule has 0 bridgehead atoms. The number of hydrogen-bond donors (Lipinski definition) is 2. The summed E-state index contributed by atoms with van der Waals surface area (Å²) in [6.07, 6.45) is 0.281. The summed E-state index contributed by atoms with van der Waals surface area (Å²) in [6, 6.07) is 8.83. The number of halogens is 1. The molecule has 1 unspecified atom stereocenters. The molecule has 0 radical (unpaired) electrons. The standard InChI is InChI=1S/C22H21FN2O5/c1-4-30-21-16-7-5-6-15(14(16)10-11-24-21)19(26)17-9-8-13(12(2)25-22(27)28)20(29-3)18(17)23/h5-12,25H,4H2,1-3H3,(H,27,28). The number of carbonyl (C=O) groups is 2. The number of carbonyl (C=O) groups excluding carboxylic acids is 1. The molecular formula is C22H21FN2O5. The van der Waals surface area contributed by atoms with E-state index in [0.29, 0.717) is 28.8 Å². The topological polar surface area (TPSA) is 97.8 Å². The van der Waals surface area contributed by atoms with E-state index in [9.17, 15) is 9.59 Å². The van der Waals surface area contributed by atoms with Crippen LogP contribution < -0.4 is 14.8 Å². The molecule has 1 amide bonds. The van der Waals surface area contributed by atoms with Gasteiger partial charge in [-0.2, -0.15) is 0 Å². The van der Waals surface area contributed by atoms with Crippen LogP contribution in [0.25, 0.3) is 10.8 Å². The zero-order chi connectivity index (χ0) is 21.8. The zero-order valence-electron chi connectivity index (χ0n) is 16.7. The Balaban J connectivity index is 2.10. The molecule has 7 nitrogen and oxygen atoms in total. The van der Waals surface area contributed by atoms with Crippen LogP contribution in [-0.4, -0.2) is 35.7 Å². The van der Waals surface area contributed by atoms with E-state index in [4.69, 9.17) is 14.6 Å². The lowest BCUT2D eigenvalue weighted by molar-refractivity contribution is 0.103. The van der Waals surface area contributed by atoms with Gasteiger partial charge in [-0.1, -0.05) is 18.2 Å². The van der Waals surface area contributed by atoms with Gasteiger partial charge in [0.05, 0.1) is 25.3 Å². The van der Waals surface area contributed by atoms with Crippen molar-refractivity contribution in [2.75, 3.05) is 13.7 Å². The van der Waals surface area contributed by atoms with E-state index in [1.54, 1.807) is 31.2 Å². The summed E-state index contributed by atoms with van der Waals surface area (Å²) >= 11 is 0. The van der Waals surface area contributed by atoms with Crippen molar-refractivity contribution in [3.8, 4) is 11.6 Å². The Morgan fingerprint density at radius 1 is 1.17 bits per heavy atom. The highest BCUT2D eigenvalue weighted by molar-refractivity contribution is 6.17. The van der Waals surface area contributed by atoms with Crippen molar-refractivity contribution in [2.24, 2.45) is 0 Å². The van der Waals surface area contributed by atoms with Crippen LogP contribution in [0.2, 0.25) is 0 Å². The number of pyridine rings is 1. The second-order valence-electron chi connectivity index (χ2n) is 6.50. The van der Waals surface area contributed by atoms with Gasteiger partial charge in [0.1, 0.15) is 0 Å². The molecule has 0 aliphatic heterocycles. The Hall–Kier alpha value is -3.68. The summed E-state index contributed by atoms with van der Waals surface area (Å²) in [6.45, 7) is 3.80. The molecule has 1 heterocycles. The highest BCUT2D eigenvalue weighted by Crippen LogP contribution is 2.33. The molecule has 1 atom stereocenters. The molecule has 156 valence electrons. The number of rotatable bonds is 7. The fourth-order valence-corrected chi connectivity index (χ4v) is 3.33. The molecule has 3 rings (SSSR count). The number of methoxy groups -OCH3 is 1. The average Bonchev–Trinajstić information content (AvgIpc) is 2.72. The van der Waals surface area contributed by atoms with E-state index in [-0.39, 0.29) is 16.9 Å². The van der Waals surface area contributed by atoms with Crippen molar-refractivity contribution in [3.63, 3.8) is 0 Å². The van der Waals surface area contributed by atoms with Crippen LogP contribution in [0.4, 0.5) is 9.18 Å². The molecule has 2 aromatic carbocycles. The van der Waals surface area contributed by atoms with Crippen molar-refractivity contribution in [1.29, 1.82) is 0 Å². The number of amides is 1. The Bertz CT molecular complexity index is 1120. The number of carboxylic acid groups (broad SMARTS) is 1. The second-order valence-corrected chi connectivity index (χ2v) is 6.50. The normalized spacial score (nSPS) is 11.7. The molecule has 0 saturated carbocycles. The smallest absolute Gasteiger partial charge is 0.405 e. The molecule has 1 aromatic heterocycles. The van der Waals surface area contributed by atoms with Crippen LogP contribution in [0.15, 0.2) is 42.6 Å². The van der Waals surface area contributed by atoms with Gasteiger partial charge in [-0.3, -0.25) is 4.79 Å². The second kappa shape index (κ2) is 8.77. The van der Waals surface area contributed by atoms with Crippen LogP contribution in [-0.2, 0) is 0 Å². The number of nitrogens with one attached hydrogen (secondary N) is 1. The van der Waals surface area contributed by atoms with Gasteiger partial charge in [0.25, 0.3) is 0 Å². The molecule has 30 heavy (non-hydrogen) atoms. The van der Waals surface area contributed by atoms with Crippen LogP contribution in [0.1, 0.15) is 41.4 Å². The monoisotopic (exact) mass is 412 g/mol. The van der Waals surface area contributed by atoms with Crippen molar-refractivity contribution < 1.29 is 28.6 Å². The third-order valence-electron chi connectivity index (χ3n) is 4.68. The number of ketones is 1. The van der Waals surface area contributed by atoms with E-state index in [0.717, 1.165) is 0 Å². The van der Waals surface area contributed by atoms with Gasteiger partial charge in [0.2, 0.25) is 5.88 Å². The zero-order valence-corrected chi connectivity index (χ0v) is 16.7. The molecular weight excluding hydrogens is 391 g/mol. The lowest BCUT2D eigenvalue weighted by Gasteiger charge is -2.18. The number of ether oxygens (including phenoxy) is 2. The number of benzene rings is 2. The minimum Gasteiger partial charge on any atom is -0.493 e. The molecule has 0 aliphatic rings. The first-order valence-electron chi connectivity index (χ1n) is 9.30. The van der Waals surface area contributed by atoms with Gasteiger partial charge >= 0.3 is 6.09 Å². The fourth-order valence-electron chi connectivity index (χ4n) is 3.33. The van der Waals surface area contributed by atoms with E-state index in [1.165, 1.54) is 25.4 Å². The van der Waals surface area contributed by atoms with Crippen molar-refractivity contribution >= 4 is 22.6 Å². The van der Waals surface area contributed by atoms with Gasteiger partial charge in [-0.25, -0.2) is 14.2 Å². The third-order valence-corrected chi connectivity index (χ3v) is 4.68. The first-order chi connectivity index (χ1) is 14.4. The minimum absolute atomic E-state index is 0.180. The van der Waals surface area contributed by atoms with Gasteiger partial charge in [0, 0.05) is 22.7 Å². The lowest BCUT2D eigenvalue weighted by atomic mass is 9.95. The highest BCUT2D eigenvalue weighted by atomic mass is 19.1. The summed E-state index contributed by atoms with van der Waals surface area (Å²) in [4.78, 5) is 28.3. The molecule has 3 aromatic rings. The van der Waals surface area contributed by atoms with E-state index in [1.807, 2.05) is 6.92 Å². The maximum atomic E-state index is 15.2. The molecule has 0 spiro atoms. The van der Waals surface area contributed by atoms with E-state index >= 15 is 4.39 Å². The summed E-state index contributed by atoms with van der Waals surface area (Å²) in [5.41, 5.74) is 0.399. The number of hydrogen-bond acceptors (Lipinski definition) is 5. The SMILES string of the molecule is CCOc1nccc2c(C(=O)c3ccc(C(C)NC(=O)O)c(OC)c3F)cccc12. The number of fused-ring (bicyclic) bond motifs is 1. The summed E-state index contributed by atoms with van der Waals surface area (Å²) in [5.74, 6) is -1.17. The first-order valence-corrected chi connectivity index (χ1v) is 9.30. The van der Waals surface area contributed by atoms with Crippen LogP contribution in [0.3, 0.4) is 0 Å². The van der Waals surface area contributed by atoms with E-state index < -0.39 is 23.7 Å². The number of aromatic nitrogens is 1. The van der Waals surface area contributed by atoms with Gasteiger partial charge < -0.3 is 19.9 Å². The van der Waals surface area contributed by atoms with Gasteiger partial charge in [-0.05, 0) is 37.4 Å². The Kier molecular flexibility index (Phi) is 6.15. The maximum absolute atomic E-state index is 15.2. The predicted molar refractivity (Wildman–Crippen MR) is 109 cm³/mol. The summed E-state index contributed by atoms with van der Waals surface area (Å²) in [7, 11) is 1.27. The van der Waals surface area contributed by atoms with Crippen LogP contribution >= 0.6 is 0 Å². The Labute approximate surface area is 172 Å². The summed E-state index contributed by atoms with van der Waals surface area (Å²) < 4.78 is 25.9. The molecule has 0 saturated heterocycles. The predicted octanol–water partition coefficient (Wildman–Crippen LogP) is 4.34. The lowest BCUT2D eigenvalue weighted by Crippen LogP contribution is -2.25. The number of nitrogens with zero attached hydrogens (tertiary/aromatic N) is 1. The van der Waals surface area contributed by atoms with Crippen molar-refractivity contribution in [1.82, 2.24) is 10.3 Å². The third kappa shape index (κ3) is 3.89. The van der Waals surface area contributed by atoms with Crippen LogP contribution in [0, 0.1) is 5.82 Å². The largest absolute Gasteiger partial charge is 0.493 e. The van der Waals surface area contributed by atoms with Gasteiger partial charge in [0.15, 0.2) is 17.3 Å². The molecule has 0 aliphatic carbocycles. The summed E-state index contributed by atoms with van der Waals surface area (Å²) in [5, 5.41) is 12.4. The van der Waals surface area contributed by atoms with Crippen LogP contribution in [0.5, 0.6) is 11.6 Å². The average molecular weight is 412 g/mol. The van der Waals surface area contributed by atoms with Gasteiger partial charge in [-0.15, -0.1) is 0 Å². The van der Waals surface area contributed by atoms with Crippen molar-refractivity contribution in [2.45, 2.75) is 19.9 Å². The quantitative estimate of drug-likeness (QED) is 0.560. The Morgan fingerprint density at radius 2 is 1.93 bits per heavy atom. The Morgan fingerprint density at radius 3 is 2.60 bits per heavy atom. The molecule has 8 heteroatoms. The highest BCUT2D eigenvalue weighted by Gasteiger charge is 2.24. The van der Waals surface area contributed by atoms with Crippen molar-refractivity contribution in [3.05, 3.63) is 65.1 Å². The molecule has 0 fully saturated rings. The fraction of sp³-hybridized carbons (Fsp3) is 0.227. The first kappa shape index (κ1) is 21.0.